The quantitative estimate of drug-likeness (QED) is 0.771. The molecular formula is C15H23NO2. The van der Waals surface area contributed by atoms with Crippen molar-refractivity contribution in [1.29, 1.82) is 0 Å². The summed E-state index contributed by atoms with van der Waals surface area (Å²) in [7, 11) is 0. The highest BCUT2D eigenvalue weighted by molar-refractivity contribution is 5.42. The fraction of sp³-hybridized carbons (Fsp3) is 0.600. The predicted molar refractivity (Wildman–Crippen MR) is 72.7 cm³/mol. The van der Waals surface area contributed by atoms with Crippen molar-refractivity contribution in [1.82, 2.24) is 5.32 Å². The standard InChI is InChI=1S/C15H23NO2/c1-10-7-12(8-11(2)15(10)18)9-16-13-3-5-14(17)6-4-13/h7-8,13-14,16-18H,3-6,9H2,1-2H3. The number of hydrogen-bond donors (Lipinski definition) is 3. The minimum atomic E-state index is -0.0961. The molecule has 0 aromatic heterocycles. The van der Waals surface area contributed by atoms with Crippen molar-refractivity contribution in [2.24, 2.45) is 0 Å². The molecule has 0 bridgehead atoms. The van der Waals surface area contributed by atoms with Gasteiger partial charge in [-0.25, -0.2) is 0 Å². The van der Waals surface area contributed by atoms with E-state index in [9.17, 15) is 10.2 Å². The lowest BCUT2D eigenvalue weighted by molar-refractivity contribution is 0.116. The molecule has 1 aromatic rings. The van der Waals surface area contributed by atoms with Gasteiger partial charge in [-0.15, -0.1) is 0 Å². The third kappa shape index (κ3) is 3.24. The van der Waals surface area contributed by atoms with Gasteiger partial charge < -0.3 is 15.5 Å². The predicted octanol–water partition coefficient (Wildman–Crippen LogP) is 2.40. The first-order valence-electron chi connectivity index (χ1n) is 6.77. The van der Waals surface area contributed by atoms with Crippen molar-refractivity contribution in [3.05, 3.63) is 28.8 Å². The molecule has 1 aromatic carbocycles. The van der Waals surface area contributed by atoms with E-state index < -0.39 is 0 Å². The average molecular weight is 249 g/mol. The lowest BCUT2D eigenvalue weighted by Gasteiger charge is -2.26. The van der Waals surface area contributed by atoms with Crippen LogP contribution >= 0.6 is 0 Å². The molecule has 0 radical (unpaired) electrons. The van der Waals surface area contributed by atoms with Gasteiger partial charge in [-0.3, -0.25) is 0 Å². The van der Waals surface area contributed by atoms with Crippen LogP contribution in [-0.4, -0.2) is 22.4 Å². The topological polar surface area (TPSA) is 52.5 Å². The van der Waals surface area contributed by atoms with Gasteiger partial charge >= 0.3 is 0 Å². The molecule has 0 aliphatic heterocycles. The highest BCUT2D eigenvalue weighted by Gasteiger charge is 2.18. The van der Waals surface area contributed by atoms with E-state index in [1.54, 1.807) is 0 Å². The van der Waals surface area contributed by atoms with Crippen molar-refractivity contribution >= 4 is 0 Å². The van der Waals surface area contributed by atoms with Crippen LogP contribution in [0.2, 0.25) is 0 Å². The largest absolute Gasteiger partial charge is 0.507 e. The Kier molecular flexibility index (Phi) is 4.25. The van der Waals surface area contributed by atoms with Gasteiger partial charge in [-0.1, -0.05) is 12.1 Å². The Morgan fingerprint density at radius 2 is 1.67 bits per heavy atom. The number of rotatable bonds is 3. The molecule has 1 fully saturated rings. The minimum Gasteiger partial charge on any atom is -0.507 e. The Labute approximate surface area is 109 Å². The summed E-state index contributed by atoms with van der Waals surface area (Å²) < 4.78 is 0. The summed E-state index contributed by atoms with van der Waals surface area (Å²) in [6, 6.07) is 4.59. The molecule has 100 valence electrons. The second-order valence-corrected chi connectivity index (χ2v) is 5.46. The second-order valence-electron chi connectivity index (χ2n) is 5.46. The van der Waals surface area contributed by atoms with Crippen LogP contribution in [0.15, 0.2) is 12.1 Å². The van der Waals surface area contributed by atoms with E-state index in [0.717, 1.165) is 43.4 Å². The number of aryl methyl sites for hydroxylation is 2. The Balaban J connectivity index is 1.90. The van der Waals surface area contributed by atoms with E-state index in [1.807, 2.05) is 26.0 Å². The maximum Gasteiger partial charge on any atom is 0.121 e. The van der Waals surface area contributed by atoms with Crippen LogP contribution < -0.4 is 5.32 Å². The van der Waals surface area contributed by atoms with Crippen LogP contribution in [0, 0.1) is 13.8 Å². The molecule has 3 heteroatoms. The monoisotopic (exact) mass is 249 g/mol. The Morgan fingerprint density at radius 1 is 1.11 bits per heavy atom. The normalized spacial score (nSPS) is 24.2. The molecule has 0 atom stereocenters. The lowest BCUT2D eigenvalue weighted by atomic mass is 9.93. The van der Waals surface area contributed by atoms with E-state index in [4.69, 9.17) is 0 Å². The number of phenols is 1. The van der Waals surface area contributed by atoms with Crippen molar-refractivity contribution in [2.75, 3.05) is 0 Å². The molecule has 2 rings (SSSR count). The molecule has 1 aliphatic carbocycles. The minimum absolute atomic E-state index is 0.0961. The zero-order valence-corrected chi connectivity index (χ0v) is 11.2. The van der Waals surface area contributed by atoms with E-state index in [2.05, 4.69) is 5.32 Å². The fourth-order valence-corrected chi connectivity index (χ4v) is 2.69. The molecule has 0 saturated heterocycles. The summed E-state index contributed by atoms with van der Waals surface area (Å²) in [5, 5.41) is 22.7. The summed E-state index contributed by atoms with van der Waals surface area (Å²) >= 11 is 0. The SMILES string of the molecule is Cc1cc(CNC2CCC(O)CC2)cc(C)c1O. The Morgan fingerprint density at radius 3 is 2.22 bits per heavy atom. The summed E-state index contributed by atoms with van der Waals surface area (Å²) in [6.07, 6.45) is 3.83. The van der Waals surface area contributed by atoms with Gasteiger partial charge in [-0.05, 0) is 56.2 Å². The van der Waals surface area contributed by atoms with Crippen molar-refractivity contribution in [2.45, 2.75) is 58.2 Å². The maximum absolute atomic E-state index is 9.73. The fourth-order valence-electron chi connectivity index (χ4n) is 2.69. The molecule has 3 nitrogen and oxygen atoms in total. The van der Waals surface area contributed by atoms with Gasteiger partial charge in [0.2, 0.25) is 0 Å². The van der Waals surface area contributed by atoms with Crippen LogP contribution in [0.5, 0.6) is 5.75 Å². The highest BCUT2D eigenvalue weighted by Crippen LogP contribution is 2.23. The third-order valence-electron chi connectivity index (χ3n) is 3.84. The lowest BCUT2D eigenvalue weighted by Crippen LogP contribution is -2.34. The summed E-state index contributed by atoms with van der Waals surface area (Å²) in [6.45, 7) is 4.70. The molecule has 18 heavy (non-hydrogen) atoms. The van der Waals surface area contributed by atoms with Crippen LogP contribution in [-0.2, 0) is 6.54 Å². The average Bonchev–Trinajstić information content (AvgIpc) is 2.35. The zero-order valence-electron chi connectivity index (χ0n) is 11.2. The molecule has 3 N–H and O–H groups in total. The summed E-state index contributed by atoms with van der Waals surface area (Å²) in [4.78, 5) is 0. The number of aliphatic hydroxyl groups excluding tert-OH is 1. The Hall–Kier alpha value is -1.06. The number of aromatic hydroxyl groups is 1. The Bertz CT molecular complexity index is 386. The zero-order chi connectivity index (χ0) is 13.1. The first kappa shape index (κ1) is 13.4. The number of nitrogens with one attached hydrogen (secondary N) is 1. The molecular weight excluding hydrogens is 226 g/mol. The van der Waals surface area contributed by atoms with Gasteiger partial charge in [0.05, 0.1) is 6.10 Å². The van der Waals surface area contributed by atoms with Crippen molar-refractivity contribution in [3.8, 4) is 5.75 Å². The van der Waals surface area contributed by atoms with Crippen LogP contribution in [0.3, 0.4) is 0 Å². The van der Waals surface area contributed by atoms with E-state index in [-0.39, 0.29) is 6.10 Å². The van der Waals surface area contributed by atoms with Crippen LogP contribution in [0.1, 0.15) is 42.4 Å². The first-order valence-corrected chi connectivity index (χ1v) is 6.77. The molecule has 1 saturated carbocycles. The second kappa shape index (κ2) is 5.72. The highest BCUT2D eigenvalue weighted by atomic mass is 16.3. The molecule has 0 amide bonds. The van der Waals surface area contributed by atoms with Gasteiger partial charge in [0.1, 0.15) is 5.75 Å². The maximum atomic E-state index is 9.73. The molecule has 0 unspecified atom stereocenters. The van der Waals surface area contributed by atoms with Gasteiger partial charge in [0.15, 0.2) is 0 Å². The van der Waals surface area contributed by atoms with Crippen molar-refractivity contribution in [3.63, 3.8) is 0 Å². The van der Waals surface area contributed by atoms with Gasteiger partial charge in [0.25, 0.3) is 0 Å². The number of hydrogen-bond acceptors (Lipinski definition) is 3. The van der Waals surface area contributed by atoms with Gasteiger partial charge in [0, 0.05) is 12.6 Å². The number of phenolic OH excluding ortho intramolecular Hbond substituents is 1. The molecule has 0 heterocycles. The summed E-state index contributed by atoms with van der Waals surface area (Å²) in [5.41, 5.74) is 3.09. The van der Waals surface area contributed by atoms with Crippen LogP contribution in [0.25, 0.3) is 0 Å². The van der Waals surface area contributed by atoms with E-state index in [1.165, 1.54) is 5.56 Å². The molecule has 1 aliphatic rings. The number of aliphatic hydroxyl groups is 1. The molecule has 0 spiro atoms. The van der Waals surface area contributed by atoms with Crippen LogP contribution in [0.4, 0.5) is 0 Å². The van der Waals surface area contributed by atoms with E-state index >= 15 is 0 Å². The summed E-state index contributed by atoms with van der Waals surface area (Å²) in [5.74, 6) is 0.402. The number of benzene rings is 1. The first-order chi connectivity index (χ1) is 8.56. The van der Waals surface area contributed by atoms with E-state index in [0.29, 0.717) is 11.8 Å². The van der Waals surface area contributed by atoms with Crippen molar-refractivity contribution < 1.29 is 10.2 Å². The smallest absolute Gasteiger partial charge is 0.121 e. The van der Waals surface area contributed by atoms with Gasteiger partial charge in [-0.2, -0.15) is 0 Å². The third-order valence-corrected chi connectivity index (χ3v) is 3.84.